The molecule has 3 aromatic rings. The van der Waals surface area contributed by atoms with Crippen LogP contribution in [0.2, 0.25) is 0 Å². The van der Waals surface area contributed by atoms with Gasteiger partial charge in [-0.1, -0.05) is 6.07 Å². The Morgan fingerprint density at radius 1 is 1.25 bits per heavy atom. The monoisotopic (exact) mass is 468 g/mol. The summed E-state index contributed by atoms with van der Waals surface area (Å²) in [5.41, 5.74) is 1.53. The summed E-state index contributed by atoms with van der Waals surface area (Å²) in [4.78, 5) is 12.5. The Bertz CT molecular complexity index is 1060. The number of nitrogens with zero attached hydrogens (tertiary/aromatic N) is 2. The van der Waals surface area contributed by atoms with Gasteiger partial charge in [-0.3, -0.25) is 4.79 Å². The topological polar surface area (TPSA) is 77.4 Å². The highest BCUT2D eigenvalue weighted by Gasteiger charge is 2.20. The van der Waals surface area contributed by atoms with Crippen molar-refractivity contribution >= 4 is 24.0 Å². The van der Waals surface area contributed by atoms with E-state index in [9.17, 15) is 18.0 Å². The van der Waals surface area contributed by atoms with Crippen molar-refractivity contribution in [1.82, 2.24) is 15.1 Å². The fourth-order valence-corrected chi connectivity index (χ4v) is 3.20. The zero-order valence-electron chi connectivity index (χ0n) is 16.6. The van der Waals surface area contributed by atoms with E-state index in [0.717, 1.165) is 6.54 Å². The lowest BCUT2D eigenvalue weighted by Gasteiger charge is -2.24. The van der Waals surface area contributed by atoms with Gasteiger partial charge in [-0.2, -0.15) is 13.9 Å². The molecular weight excluding hydrogens is 449 g/mol. The first-order chi connectivity index (χ1) is 15.0. The maximum atomic E-state index is 14.5. The van der Waals surface area contributed by atoms with Crippen molar-refractivity contribution < 1.29 is 27.4 Å². The molecule has 2 N–H and O–H groups in total. The van der Waals surface area contributed by atoms with Crippen LogP contribution in [0.3, 0.4) is 0 Å². The first-order valence-electron chi connectivity index (χ1n) is 9.52. The Morgan fingerprint density at radius 2 is 2.03 bits per heavy atom. The van der Waals surface area contributed by atoms with E-state index >= 15 is 0 Å². The van der Waals surface area contributed by atoms with Crippen LogP contribution >= 0.6 is 12.4 Å². The molecule has 1 aliphatic rings. The van der Waals surface area contributed by atoms with E-state index in [-0.39, 0.29) is 29.8 Å². The van der Waals surface area contributed by atoms with Crippen LogP contribution in [0.1, 0.15) is 22.0 Å². The number of carbonyl (C=O) groups excluding carboxylic acids is 1. The fourth-order valence-electron chi connectivity index (χ4n) is 3.20. The number of hydrogen-bond acceptors (Lipinski definition) is 5. The molecular formula is C21H20ClF3N4O3. The van der Waals surface area contributed by atoms with Gasteiger partial charge in [-0.15, -0.1) is 12.4 Å². The number of morpholine rings is 1. The van der Waals surface area contributed by atoms with Gasteiger partial charge in [0, 0.05) is 30.5 Å². The quantitative estimate of drug-likeness (QED) is 0.573. The van der Waals surface area contributed by atoms with Gasteiger partial charge in [0.1, 0.15) is 11.6 Å². The van der Waals surface area contributed by atoms with E-state index in [1.807, 2.05) is 0 Å². The molecule has 4 rings (SSSR count). The van der Waals surface area contributed by atoms with Crippen LogP contribution in [0.4, 0.5) is 18.9 Å². The zero-order chi connectivity index (χ0) is 21.8. The minimum Gasteiger partial charge on any atom is -0.435 e. The van der Waals surface area contributed by atoms with Gasteiger partial charge >= 0.3 is 6.61 Å². The first kappa shape index (κ1) is 23.6. The second-order valence-corrected chi connectivity index (χ2v) is 6.80. The minimum absolute atomic E-state index is 0. The highest BCUT2D eigenvalue weighted by Crippen LogP contribution is 2.25. The van der Waals surface area contributed by atoms with E-state index < -0.39 is 18.3 Å². The van der Waals surface area contributed by atoms with Crippen LogP contribution in [-0.2, 0) is 4.74 Å². The van der Waals surface area contributed by atoms with Gasteiger partial charge in [0.2, 0.25) is 0 Å². The number of benzene rings is 2. The minimum atomic E-state index is -2.91. The largest absolute Gasteiger partial charge is 0.435 e. The van der Waals surface area contributed by atoms with Gasteiger partial charge in [-0.05, 0) is 36.4 Å². The van der Waals surface area contributed by atoms with E-state index in [0.29, 0.717) is 30.1 Å². The molecule has 1 amide bonds. The van der Waals surface area contributed by atoms with Crippen molar-refractivity contribution in [2.75, 3.05) is 25.0 Å². The molecule has 170 valence electrons. The summed E-state index contributed by atoms with van der Waals surface area (Å²) >= 11 is 0. The molecule has 11 heteroatoms. The van der Waals surface area contributed by atoms with Crippen molar-refractivity contribution in [2.45, 2.75) is 12.7 Å². The molecule has 0 saturated carbocycles. The number of halogens is 4. The Morgan fingerprint density at radius 3 is 2.69 bits per heavy atom. The number of rotatable bonds is 6. The lowest BCUT2D eigenvalue weighted by atomic mass is 10.1. The first-order valence-corrected chi connectivity index (χ1v) is 9.52. The van der Waals surface area contributed by atoms with Gasteiger partial charge in [0.15, 0.2) is 0 Å². The van der Waals surface area contributed by atoms with Crippen molar-refractivity contribution in [3.63, 3.8) is 0 Å². The predicted octanol–water partition coefficient (Wildman–Crippen LogP) is 3.95. The Labute approximate surface area is 187 Å². The smallest absolute Gasteiger partial charge is 0.387 e. The molecule has 0 unspecified atom stereocenters. The number of hydrogen-bond donors (Lipinski definition) is 2. The Balaban J connectivity index is 0.00000289. The molecule has 1 aromatic heterocycles. The SMILES string of the molecule is Cl.O=C(Nc1ccc([C@@H]2CNCCO2)c(F)c1)c1cnn(-c2ccc(OC(F)F)cc2)c1. The van der Waals surface area contributed by atoms with Crippen LogP contribution in [0.5, 0.6) is 5.75 Å². The molecule has 0 spiro atoms. The number of ether oxygens (including phenoxy) is 2. The average Bonchev–Trinajstić information content (AvgIpc) is 3.25. The average molecular weight is 469 g/mol. The van der Waals surface area contributed by atoms with Crippen LogP contribution in [-0.4, -0.2) is 42.0 Å². The third kappa shape index (κ3) is 5.58. The summed E-state index contributed by atoms with van der Waals surface area (Å²) in [6.07, 6.45) is 2.46. The standard InChI is InChI=1S/C21H19F3N4O3.ClH/c22-18-9-14(1-6-17(18)19-11-25-7-8-30-19)27-20(29)13-10-26-28(12-13)15-2-4-16(5-3-15)31-21(23)24;/h1-6,9-10,12,19,21,25H,7-8,11H2,(H,27,29);1H/t19-;/m0./s1. The number of nitrogens with one attached hydrogen (secondary N) is 2. The van der Waals surface area contributed by atoms with E-state index in [4.69, 9.17) is 4.74 Å². The molecule has 7 nitrogen and oxygen atoms in total. The summed E-state index contributed by atoms with van der Waals surface area (Å²) in [7, 11) is 0. The van der Waals surface area contributed by atoms with Gasteiger partial charge in [0.05, 0.1) is 30.2 Å². The summed E-state index contributed by atoms with van der Waals surface area (Å²) in [5, 5.41) is 9.88. The lowest BCUT2D eigenvalue weighted by molar-refractivity contribution is -0.0498. The third-order valence-electron chi connectivity index (χ3n) is 4.70. The second-order valence-electron chi connectivity index (χ2n) is 6.80. The van der Waals surface area contributed by atoms with Crippen LogP contribution in [0, 0.1) is 5.82 Å². The van der Waals surface area contributed by atoms with Crippen molar-refractivity contribution in [2.24, 2.45) is 0 Å². The Kier molecular flexibility index (Phi) is 7.73. The van der Waals surface area contributed by atoms with Gasteiger partial charge in [0.25, 0.3) is 5.91 Å². The summed E-state index contributed by atoms with van der Waals surface area (Å²) in [6.45, 7) is -1.14. The summed E-state index contributed by atoms with van der Waals surface area (Å²) < 4.78 is 50.2. The second kappa shape index (κ2) is 10.5. The highest BCUT2D eigenvalue weighted by atomic mass is 35.5. The van der Waals surface area contributed by atoms with Crippen molar-refractivity contribution in [3.8, 4) is 11.4 Å². The number of carbonyl (C=O) groups is 1. The molecule has 0 aliphatic carbocycles. The number of amides is 1. The maximum Gasteiger partial charge on any atom is 0.387 e. The van der Waals surface area contributed by atoms with Crippen LogP contribution in [0.25, 0.3) is 5.69 Å². The molecule has 2 aromatic carbocycles. The molecule has 32 heavy (non-hydrogen) atoms. The number of anilines is 1. The number of alkyl halides is 2. The normalized spacial score (nSPS) is 15.8. The van der Waals surface area contributed by atoms with Crippen molar-refractivity contribution in [1.29, 1.82) is 0 Å². The summed E-state index contributed by atoms with van der Waals surface area (Å²) in [5.74, 6) is -0.913. The van der Waals surface area contributed by atoms with E-state index in [1.54, 1.807) is 12.1 Å². The Hall–Kier alpha value is -3.08. The molecule has 1 fully saturated rings. The summed E-state index contributed by atoms with van der Waals surface area (Å²) in [6, 6.07) is 10.3. The van der Waals surface area contributed by atoms with Gasteiger partial charge in [-0.25, -0.2) is 9.07 Å². The van der Waals surface area contributed by atoms with Crippen molar-refractivity contribution in [3.05, 3.63) is 71.8 Å². The molecule has 0 bridgehead atoms. The zero-order valence-corrected chi connectivity index (χ0v) is 17.4. The van der Waals surface area contributed by atoms with E-state index in [2.05, 4.69) is 20.5 Å². The predicted molar refractivity (Wildman–Crippen MR) is 113 cm³/mol. The lowest BCUT2D eigenvalue weighted by Crippen LogP contribution is -2.33. The number of aromatic nitrogens is 2. The molecule has 1 saturated heterocycles. The maximum absolute atomic E-state index is 14.5. The molecule has 2 heterocycles. The molecule has 0 radical (unpaired) electrons. The van der Waals surface area contributed by atoms with Crippen LogP contribution in [0.15, 0.2) is 54.9 Å². The molecule has 1 atom stereocenters. The van der Waals surface area contributed by atoms with Gasteiger partial charge < -0.3 is 20.1 Å². The van der Waals surface area contributed by atoms with Crippen LogP contribution < -0.4 is 15.4 Å². The van der Waals surface area contributed by atoms with E-state index in [1.165, 1.54) is 47.4 Å². The third-order valence-corrected chi connectivity index (χ3v) is 4.70. The highest BCUT2D eigenvalue weighted by molar-refractivity contribution is 6.04. The fraction of sp³-hybridized carbons (Fsp3) is 0.238. The molecule has 1 aliphatic heterocycles.